The summed E-state index contributed by atoms with van der Waals surface area (Å²) >= 11 is 1.86. The number of hydrogen-bond donors (Lipinski definition) is 1. The van der Waals surface area contributed by atoms with Gasteiger partial charge in [-0.05, 0) is 42.9 Å². The molecule has 4 rings (SSSR count). The molecule has 1 aromatic heterocycles. The first-order valence-corrected chi connectivity index (χ1v) is 8.92. The van der Waals surface area contributed by atoms with E-state index >= 15 is 0 Å². The molecule has 0 aliphatic heterocycles. The molecular weight excluding hydrogens is 276 g/mol. The zero-order chi connectivity index (χ0) is 14.3. The van der Waals surface area contributed by atoms with E-state index in [1.165, 1.54) is 58.1 Å². The Bertz CT molecular complexity index is 730. The van der Waals surface area contributed by atoms with E-state index in [1.54, 1.807) is 0 Å². The van der Waals surface area contributed by atoms with Gasteiger partial charge in [-0.15, -0.1) is 11.3 Å². The number of aryl methyl sites for hydroxylation is 1. The standard InChI is InChI=1S/C18H22N2S/c19-18(9-4-1-5-10-18)11-8-16-20-17-14-7-3-2-6-13(14)12-15(17)21-16/h2-3,6,12H,1,4-5,7-11,19H2. The van der Waals surface area contributed by atoms with Gasteiger partial charge in [0.2, 0.25) is 0 Å². The Morgan fingerprint density at radius 1 is 1.24 bits per heavy atom. The Labute approximate surface area is 129 Å². The molecule has 0 aromatic carbocycles. The molecule has 1 aromatic rings. The second-order valence-corrected chi connectivity index (χ2v) is 7.74. The Hall–Kier alpha value is -1.19. The topological polar surface area (TPSA) is 38.9 Å². The summed E-state index contributed by atoms with van der Waals surface area (Å²) in [5.74, 6) is 0. The van der Waals surface area contributed by atoms with Crippen molar-refractivity contribution in [3.05, 3.63) is 38.7 Å². The lowest BCUT2D eigenvalue weighted by atomic mass is 9.79. The molecule has 0 spiro atoms. The van der Waals surface area contributed by atoms with Gasteiger partial charge < -0.3 is 5.73 Å². The van der Waals surface area contributed by atoms with E-state index in [4.69, 9.17) is 10.7 Å². The predicted octanol–water partition coefficient (Wildman–Crippen LogP) is 2.57. The third-order valence-electron chi connectivity index (χ3n) is 5.04. The molecule has 1 fully saturated rings. The first-order valence-electron chi connectivity index (χ1n) is 8.10. The SMILES string of the molecule is NC1(CCc2nc3c(s2)=CC2=CC=CCC=32)CCCCC1. The zero-order valence-corrected chi connectivity index (χ0v) is 13.2. The maximum atomic E-state index is 6.55. The number of allylic oxidation sites excluding steroid dienone is 4. The molecule has 1 saturated carbocycles. The number of thiazole rings is 1. The third kappa shape index (κ3) is 2.53. The highest BCUT2D eigenvalue weighted by molar-refractivity contribution is 7.09. The van der Waals surface area contributed by atoms with Crippen LogP contribution in [0.1, 0.15) is 50.0 Å². The molecule has 0 radical (unpaired) electrons. The van der Waals surface area contributed by atoms with Crippen molar-refractivity contribution in [2.45, 2.75) is 56.9 Å². The summed E-state index contributed by atoms with van der Waals surface area (Å²) in [6.45, 7) is 0. The van der Waals surface area contributed by atoms with Gasteiger partial charge in [-0.2, -0.15) is 0 Å². The van der Waals surface area contributed by atoms with Gasteiger partial charge in [0.15, 0.2) is 0 Å². The molecule has 3 heteroatoms. The highest BCUT2D eigenvalue weighted by atomic mass is 32.1. The lowest BCUT2D eigenvalue weighted by molar-refractivity contribution is 0.278. The summed E-state index contributed by atoms with van der Waals surface area (Å²) in [6, 6.07) is 0. The van der Waals surface area contributed by atoms with E-state index in [0.29, 0.717) is 0 Å². The molecule has 0 unspecified atom stereocenters. The predicted molar refractivity (Wildman–Crippen MR) is 89.4 cm³/mol. The van der Waals surface area contributed by atoms with Crippen molar-refractivity contribution in [2.75, 3.05) is 0 Å². The largest absolute Gasteiger partial charge is 0.325 e. The van der Waals surface area contributed by atoms with Crippen LogP contribution in [0.15, 0.2) is 23.8 Å². The highest BCUT2D eigenvalue weighted by Gasteiger charge is 2.27. The first-order chi connectivity index (χ1) is 10.2. The van der Waals surface area contributed by atoms with Gasteiger partial charge in [-0.3, -0.25) is 0 Å². The molecule has 0 saturated heterocycles. The van der Waals surface area contributed by atoms with Crippen molar-refractivity contribution in [2.24, 2.45) is 5.73 Å². The minimum absolute atomic E-state index is 0.0733. The minimum Gasteiger partial charge on any atom is -0.325 e. The maximum absolute atomic E-state index is 6.55. The first kappa shape index (κ1) is 13.5. The van der Waals surface area contributed by atoms with Crippen molar-refractivity contribution in [1.29, 1.82) is 0 Å². The Kier molecular flexibility index (Phi) is 3.35. The molecule has 21 heavy (non-hydrogen) atoms. The molecule has 3 aliphatic rings. The number of fused-ring (bicyclic) bond motifs is 2. The smallest absolute Gasteiger partial charge is 0.0939 e. The normalized spacial score (nSPS) is 22.5. The lowest BCUT2D eigenvalue weighted by Gasteiger charge is -2.33. The third-order valence-corrected chi connectivity index (χ3v) is 6.10. The molecule has 2 nitrogen and oxygen atoms in total. The Morgan fingerprint density at radius 2 is 2.10 bits per heavy atom. The van der Waals surface area contributed by atoms with Crippen LogP contribution in [0.3, 0.4) is 0 Å². The average Bonchev–Trinajstić information content (AvgIpc) is 3.03. The fraction of sp³-hybridized carbons (Fsp3) is 0.500. The van der Waals surface area contributed by atoms with E-state index in [-0.39, 0.29) is 5.54 Å². The summed E-state index contributed by atoms with van der Waals surface area (Å²) in [5, 5.41) is 2.51. The van der Waals surface area contributed by atoms with Crippen LogP contribution in [0.4, 0.5) is 0 Å². The summed E-state index contributed by atoms with van der Waals surface area (Å²) in [7, 11) is 0. The van der Waals surface area contributed by atoms with Crippen LogP contribution >= 0.6 is 11.3 Å². The van der Waals surface area contributed by atoms with Crippen molar-refractivity contribution in [1.82, 2.24) is 4.98 Å². The zero-order valence-electron chi connectivity index (χ0n) is 12.4. The van der Waals surface area contributed by atoms with Crippen LogP contribution in [0, 0.1) is 0 Å². The number of hydrogen-bond acceptors (Lipinski definition) is 3. The van der Waals surface area contributed by atoms with Crippen LogP contribution in [-0.2, 0) is 6.42 Å². The Balaban J connectivity index is 1.53. The second kappa shape index (κ2) is 5.22. The van der Waals surface area contributed by atoms with E-state index in [9.17, 15) is 0 Å². The fourth-order valence-corrected chi connectivity index (χ4v) is 4.79. The summed E-state index contributed by atoms with van der Waals surface area (Å²) in [5.41, 5.74) is 9.40. The number of aromatic nitrogens is 1. The van der Waals surface area contributed by atoms with E-state index in [2.05, 4.69) is 24.3 Å². The monoisotopic (exact) mass is 298 g/mol. The molecule has 1 heterocycles. The van der Waals surface area contributed by atoms with Crippen LogP contribution in [0.25, 0.3) is 11.6 Å². The molecular formula is C18H22N2S. The van der Waals surface area contributed by atoms with Crippen LogP contribution in [0.5, 0.6) is 0 Å². The number of nitrogens with zero attached hydrogens (tertiary/aromatic N) is 1. The minimum atomic E-state index is 0.0733. The molecule has 0 amide bonds. The molecule has 0 bridgehead atoms. The van der Waals surface area contributed by atoms with Crippen molar-refractivity contribution in [3.8, 4) is 0 Å². The lowest BCUT2D eigenvalue weighted by Crippen LogP contribution is -2.42. The van der Waals surface area contributed by atoms with Gasteiger partial charge in [0.1, 0.15) is 0 Å². The summed E-state index contributed by atoms with van der Waals surface area (Å²) in [4.78, 5) is 4.91. The van der Waals surface area contributed by atoms with Crippen LogP contribution in [0.2, 0.25) is 0 Å². The van der Waals surface area contributed by atoms with Crippen LogP contribution < -0.4 is 15.6 Å². The molecule has 110 valence electrons. The average molecular weight is 298 g/mol. The van der Waals surface area contributed by atoms with Gasteiger partial charge in [0.25, 0.3) is 0 Å². The second-order valence-electron chi connectivity index (χ2n) is 6.62. The quantitative estimate of drug-likeness (QED) is 0.931. The van der Waals surface area contributed by atoms with Gasteiger partial charge in [0.05, 0.1) is 14.9 Å². The van der Waals surface area contributed by atoms with Gasteiger partial charge in [0, 0.05) is 12.0 Å². The molecule has 0 atom stereocenters. The number of nitrogens with two attached hydrogens (primary N) is 1. The van der Waals surface area contributed by atoms with Crippen molar-refractivity contribution in [3.63, 3.8) is 0 Å². The van der Waals surface area contributed by atoms with E-state index < -0.39 is 0 Å². The fourth-order valence-electron chi connectivity index (χ4n) is 3.75. The van der Waals surface area contributed by atoms with Gasteiger partial charge >= 0.3 is 0 Å². The van der Waals surface area contributed by atoms with Crippen molar-refractivity contribution < 1.29 is 0 Å². The van der Waals surface area contributed by atoms with Crippen LogP contribution in [-0.4, -0.2) is 10.5 Å². The van der Waals surface area contributed by atoms with Crippen molar-refractivity contribution >= 4 is 23.0 Å². The van der Waals surface area contributed by atoms with E-state index in [1.807, 2.05) is 11.3 Å². The number of rotatable bonds is 3. The van der Waals surface area contributed by atoms with Gasteiger partial charge in [-0.25, -0.2) is 4.98 Å². The summed E-state index contributed by atoms with van der Waals surface area (Å²) in [6.07, 6.45) is 18.4. The Morgan fingerprint density at radius 3 is 2.95 bits per heavy atom. The molecule has 3 aliphatic carbocycles. The highest BCUT2D eigenvalue weighted by Crippen LogP contribution is 2.30. The van der Waals surface area contributed by atoms with E-state index in [0.717, 1.165) is 19.3 Å². The molecule has 2 N–H and O–H groups in total. The summed E-state index contributed by atoms with van der Waals surface area (Å²) < 4.78 is 1.35. The van der Waals surface area contributed by atoms with Gasteiger partial charge in [-0.1, -0.05) is 37.5 Å². The maximum Gasteiger partial charge on any atom is 0.0939 e.